The number of thiophene rings is 3. The van der Waals surface area contributed by atoms with Crippen LogP contribution in [0.2, 0.25) is 0 Å². The topological polar surface area (TPSA) is 284 Å². The average Bonchev–Trinajstić information content (AvgIpc) is 4.01. The largest absolute Gasteiger partial charge is 0.392 e. The third kappa shape index (κ3) is 8.62. The SMILES string of the molecule is N#Cc1csc2nc(-c3cc(CO)ccn3)[nH]c(=O)c12.N#Cc1csc2nc(-c3cc(CO)ccn3)[nH]c(=O)c12.O=c1[nH]c(-c2cc(CO)ccn2)nc2scc(Br)c12. The van der Waals surface area contributed by atoms with Gasteiger partial charge in [0.15, 0.2) is 17.5 Å². The van der Waals surface area contributed by atoms with Crippen molar-refractivity contribution in [1.82, 2.24) is 44.9 Å². The molecule has 0 amide bonds. The van der Waals surface area contributed by atoms with Crippen LogP contribution in [0.4, 0.5) is 0 Å². The molecule has 0 aromatic carbocycles. The highest BCUT2D eigenvalue weighted by Gasteiger charge is 2.15. The number of pyridine rings is 3. The lowest BCUT2D eigenvalue weighted by molar-refractivity contribution is 0.281. The zero-order valence-corrected chi connectivity index (χ0v) is 33.8. The van der Waals surface area contributed by atoms with Crippen LogP contribution in [0, 0.1) is 22.7 Å². The van der Waals surface area contributed by atoms with E-state index in [9.17, 15) is 14.4 Å². The highest BCUT2D eigenvalue weighted by molar-refractivity contribution is 9.10. The second-order valence-corrected chi connectivity index (χ2v) is 15.4. The molecule has 0 saturated carbocycles. The Balaban J connectivity index is 0.000000134. The van der Waals surface area contributed by atoms with Gasteiger partial charge in [-0.05, 0) is 69.0 Å². The highest BCUT2D eigenvalue weighted by atomic mass is 79.9. The van der Waals surface area contributed by atoms with Crippen molar-refractivity contribution in [1.29, 1.82) is 10.5 Å². The van der Waals surface area contributed by atoms with Crippen LogP contribution in [-0.4, -0.2) is 60.2 Å². The molecule has 0 saturated heterocycles. The van der Waals surface area contributed by atoms with Crippen LogP contribution in [0.15, 0.2) is 90.0 Å². The van der Waals surface area contributed by atoms with E-state index in [0.717, 1.165) is 10.0 Å². The Labute approximate surface area is 350 Å². The van der Waals surface area contributed by atoms with E-state index in [1.54, 1.807) is 65.7 Å². The van der Waals surface area contributed by atoms with Gasteiger partial charge in [-0.2, -0.15) is 10.5 Å². The Bertz CT molecular complexity index is 3140. The van der Waals surface area contributed by atoms with Gasteiger partial charge in [-0.15, -0.1) is 34.0 Å². The predicted molar refractivity (Wildman–Crippen MR) is 225 cm³/mol. The van der Waals surface area contributed by atoms with E-state index in [2.05, 4.69) is 60.8 Å². The van der Waals surface area contributed by atoms with Crippen molar-refractivity contribution in [3.8, 4) is 46.7 Å². The van der Waals surface area contributed by atoms with Crippen LogP contribution < -0.4 is 16.7 Å². The number of nitrogens with zero attached hydrogens (tertiary/aromatic N) is 8. The van der Waals surface area contributed by atoms with Gasteiger partial charge in [0.2, 0.25) is 0 Å². The van der Waals surface area contributed by atoms with Crippen molar-refractivity contribution in [3.63, 3.8) is 0 Å². The fourth-order valence-corrected chi connectivity index (χ4v) is 8.75. The normalized spacial score (nSPS) is 10.7. The summed E-state index contributed by atoms with van der Waals surface area (Å²) in [5.41, 5.74) is 3.29. The zero-order valence-electron chi connectivity index (χ0n) is 29.8. The fourth-order valence-electron chi connectivity index (χ4n) is 5.45. The van der Waals surface area contributed by atoms with E-state index in [-0.39, 0.29) is 36.5 Å². The first-order valence-corrected chi connectivity index (χ1v) is 20.3. The molecule has 0 bridgehead atoms. The van der Waals surface area contributed by atoms with E-state index in [4.69, 9.17) is 25.8 Å². The Hall–Kier alpha value is -6.69. The van der Waals surface area contributed by atoms with Crippen LogP contribution in [-0.2, 0) is 19.8 Å². The molecule has 59 heavy (non-hydrogen) atoms. The van der Waals surface area contributed by atoms with Crippen molar-refractivity contribution in [2.75, 3.05) is 0 Å². The van der Waals surface area contributed by atoms with Gasteiger partial charge in [0.25, 0.3) is 16.7 Å². The Morgan fingerprint density at radius 1 is 0.559 bits per heavy atom. The van der Waals surface area contributed by atoms with Crippen LogP contribution in [0.1, 0.15) is 27.8 Å². The summed E-state index contributed by atoms with van der Waals surface area (Å²) in [6.45, 7) is -0.300. The minimum Gasteiger partial charge on any atom is -0.392 e. The molecule has 0 atom stereocenters. The maximum absolute atomic E-state index is 12.1. The molecule has 17 nitrogen and oxygen atoms in total. The monoisotopic (exact) mass is 905 g/mol. The summed E-state index contributed by atoms with van der Waals surface area (Å²) < 4.78 is 0.741. The number of aromatic amines is 3. The van der Waals surface area contributed by atoms with Crippen LogP contribution in [0.25, 0.3) is 65.2 Å². The fraction of sp³-hybridized carbons (Fsp3) is 0.0789. The van der Waals surface area contributed by atoms with E-state index < -0.39 is 0 Å². The van der Waals surface area contributed by atoms with Crippen LogP contribution in [0.3, 0.4) is 0 Å². The van der Waals surface area contributed by atoms with Crippen molar-refractivity contribution in [2.24, 2.45) is 0 Å². The molecule has 0 aliphatic rings. The number of rotatable bonds is 6. The standard InChI is InChI=1S/2C13H8N4O2S.C12H8BrN3O2S/c2*14-4-8-6-20-13-10(8)12(19)16-11(17-13)9-3-7(5-18)1-2-15-9;13-7-5-19-12-9(7)11(18)15-10(16-12)8-3-6(4-17)1-2-14-8/h2*1-3,6,18H,5H2,(H,16,17,19);1-3,5,17H,4H2,(H,15,16,18). The zero-order chi connectivity index (χ0) is 41.6. The maximum atomic E-state index is 12.1. The summed E-state index contributed by atoms with van der Waals surface area (Å²) in [5.74, 6) is 1.05. The second kappa shape index (κ2) is 17.8. The van der Waals surface area contributed by atoms with Crippen molar-refractivity contribution in [2.45, 2.75) is 19.8 Å². The first kappa shape index (κ1) is 40.5. The third-order valence-corrected chi connectivity index (χ3v) is 11.8. The molecular weight excluding hydrogens is 883 g/mol. The minimum absolute atomic E-state index is 0.0768. The van der Waals surface area contributed by atoms with E-state index in [0.29, 0.717) is 87.5 Å². The molecule has 0 unspecified atom stereocenters. The lowest BCUT2D eigenvalue weighted by Gasteiger charge is -2.02. The second-order valence-electron chi connectivity index (χ2n) is 12.0. The predicted octanol–water partition coefficient (Wildman–Crippen LogP) is 5.12. The average molecular weight is 907 g/mol. The molecule has 9 aromatic rings. The molecule has 9 heterocycles. The molecule has 0 aliphatic carbocycles. The number of hydrogen-bond donors (Lipinski definition) is 6. The molecule has 6 N–H and O–H groups in total. The van der Waals surface area contributed by atoms with Crippen molar-refractivity contribution in [3.05, 3.63) is 134 Å². The molecule has 21 heteroatoms. The Morgan fingerprint density at radius 3 is 1.25 bits per heavy atom. The summed E-state index contributed by atoms with van der Waals surface area (Å²) in [6, 6.07) is 14.0. The summed E-state index contributed by atoms with van der Waals surface area (Å²) in [6.07, 6.45) is 4.66. The molecule has 292 valence electrons. The van der Waals surface area contributed by atoms with Crippen molar-refractivity contribution < 1.29 is 15.3 Å². The number of aromatic nitrogens is 9. The van der Waals surface area contributed by atoms with Gasteiger partial charge in [-0.1, -0.05) is 0 Å². The van der Waals surface area contributed by atoms with Crippen LogP contribution in [0.5, 0.6) is 0 Å². The van der Waals surface area contributed by atoms with Crippen molar-refractivity contribution >= 4 is 80.6 Å². The Morgan fingerprint density at radius 2 is 0.898 bits per heavy atom. The molecule has 0 spiro atoms. The smallest absolute Gasteiger partial charge is 0.261 e. The van der Waals surface area contributed by atoms with Gasteiger partial charge in [-0.3, -0.25) is 29.3 Å². The van der Waals surface area contributed by atoms with Gasteiger partial charge in [0.05, 0.1) is 47.1 Å². The molecule has 0 radical (unpaired) electrons. The molecular formula is C38H24BrN11O6S3. The number of nitriles is 2. The first-order chi connectivity index (χ1) is 28.6. The number of nitrogens with one attached hydrogen (secondary N) is 3. The van der Waals surface area contributed by atoms with Crippen LogP contribution >= 0.6 is 49.9 Å². The van der Waals surface area contributed by atoms with Gasteiger partial charge < -0.3 is 30.3 Å². The van der Waals surface area contributed by atoms with Gasteiger partial charge in [0.1, 0.15) is 43.7 Å². The molecule has 0 fully saturated rings. The number of halogens is 1. The molecule has 9 rings (SSSR count). The van der Waals surface area contributed by atoms with Gasteiger partial charge in [-0.25, -0.2) is 15.0 Å². The molecule has 9 aromatic heterocycles. The number of aliphatic hydroxyl groups excluding tert-OH is 3. The Kier molecular flexibility index (Phi) is 12.3. The summed E-state index contributed by atoms with van der Waals surface area (Å²) >= 11 is 7.20. The lowest BCUT2D eigenvalue weighted by atomic mass is 10.2. The van der Waals surface area contributed by atoms with Gasteiger partial charge >= 0.3 is 0 Å². The highest BCUT2D eigenvalue weighted by Crippen LogP contribution is 2.28. The minimum atomic E-state index is -0.362. The first-order valence-electron chi connectivity index (χ1n) is 16.8. The van der Waals surface area contributed by atoms with Gasteiger partial charge in [0, 0.05) is 39.2 Å². The lowest BCUT2D eigenvalue weighted by Crippen LogP contribution is -2.09. The molecule has 0 aliphatic heterocycles. The number of aliphatic hydroxyl groups is 3. The summed E-state index contributed by atoms with van der Waals surface area (Å²) in [4.78, 5) is 71.2. The third-order valence-electron chi connectivity index (χ3n) is 8.28. The van der Waals surface area contributed by atoms with E-state index >= 15 is 0 Å². The number of H-pyrrole nitrogens is 3. The number of fused-ring (bicyclic) bond motifs is 3. The van der Waals surface area contributed by atoms with E-state index in [1.807, 2.05) is 17.5 Å². The quantitative estimate of drug-likeness (QED) is 0.126. The van der Waals surface area contributed by atoms with E-state index in [1.165, 1.54) is 34.0 Å². The number of hydrogen-bond acceptors (Lipinski definition) is 17. The summed E-state index contributed by atoms with van der Waals surface area (Å²) in [7, 11) is 0. The maximum Gasteiger partial charge on any atom is 0.261 e. The summed E-state index contributed by atoms with van der Waals surface area (Å²) in [5, 5.41) is 51.4.